The predicted molar refractivity (Wildman–Crippen MR) is 224 cm³/mol. The van der Waals surface area contributed by atoms with Gasteiger partial charge in [0.25, 0.3) is 0 Å². The maximum atomic E-state index is 16.7. The van der Waals surface area contributed by atoms with Crippen LogP contribution in [0.5, 0.6) is 5.75 Å². The lowest BCUT2D eigenvalue weighted by molar-refractivity contribution is -0.135. The van der Waals surface area contributed by atoms with E-state index in [0.717, 1.165) is 29.7 Å². The summed E-state index contributed by atoms with van der Waals surface area (Å²) in [4.78, 5) is 70.8. The van der Waals surface area contributed by atoms with Gasteiger partial charge in [-0.1, -0.05) is 32.6 Å². The Balaban J connectivity index is 1.03. The number of carbonyl (C=O) groups excluding carboxylic acids is 4. The number of likely N-dealkylation sites (tertiary alicyclic amines) is 2. The van der Waals surface area contributed by atoms with Crippen LogP contribution in [0, 0.1) is 11.7 Å². The summed E-state index contributed by atoms with van der Waals surface area (Å²) in [5, 5.41) is 5.68. The lowest BCUT2D eigenvalue weighted by Gasteiger charge is -2.30. The number of amides is 4. The van der Waals surface area contributed by atoms with Gasteiger partial charge in [0.2, 0.25) is 11.8 Å². The third-order valence-electron chi connectivity index (χ3n) is 11.9. The molecule has 0 bridgehead atoms. The van der Waals surface area contributed by atoms with Crippen molar-refractivity contribution < 1.29 is 37.8 Å². The van der Waals surface area contributed by atoms with Crippen LogP contribution in [0.3, 0.4) is 0 Å². The van der Waals surface area contributed by atoms with E-state index in [4.69, 9.17) is 14.2 Å². The number of ether oxygens (including phenoxy) is 3. The van der Waals surface area contributed by atoms with E-state index in [2.05, 4.69) is 37.1 Å². The number of nitrogens with one attached hydrogen (secondary N) is 4. The number of rotatable bonds is 10. The number of benzene rings is 2. The largest absolute Gasteiger partial charge is 0.470 e. The van der Waals surface area contributed by atoms with Crippen LogP contribution in [0.1, 0.15) is 83.3 Å². The molecule has 2 aromatic carbocycles. The highest BCUT2D eigenvalue weighted by atomic mass is 19.1. The molecule has 4 amide bonds. The van der Waals surface area contributed by atoms with Crippen molar-refractivity contribution in [3.8, 4) is 39.5 Å². The van der Waals surface area contributed by atoms with E-state index in [1.165, 1.54) is 14.2 Å². The number of nitrogens with zero attached hydrogens (tertiary/aromatic N) is 5. The van der Waals surface area contributed by atoms with Crippen molar-refractivity contribution >= 4 is 34.9 Å². The molecule has 61 heavy (non-hydrogen) atoms. The number of aromatic nitrogens is 5. The van der Waals surface area contributed by atoms with Crippen molar-refractivity contribution in [2.75, 3.05) is 27.3 Å². The second-order valence-electron chi connectivity index (χ2n) is 16.2. The van der Waals surface area contributed by atoms with Crippen molar-refractivity contribution in [3.63, 3.8) is 0 Å². The van der Waals surface area contributed by atoms with Crippen LogP contribution in [-0.4, -0.2) is 97.7 Å². The number of hydrogen-bond donors (Lipinski definition) is 4. The Bertz CT molecular complexity index is 2540. The Hall–Kier alpha value is -6.65. The third-order valence-corrected chi connectivity index (χ3v) is 11.9. The van der Waals surface area contributed by atoms with Crippen LogP contribution in [0.15, 0.2) is 60.9 Å². The topological polar surface area (TPSA) is 189 Å². The van der Waals surface area contributed by atoms with Crippen LogP contribution in [0.4, 0.5) is 14.0 Å². The molecule has 4 N–H and O–H groups in total. The zero-order valence-electron chi connectivity index (χ0n) is 35.0. The van der Waals surface area contributed by atoms with Crippen LogP contribution in [-0.2, 0) is 19.1 Å². The van der Waals surface area contributed by atoms with Gasteiger partial charge in [-0.25, -0.2) is 23.9 Å². The quantitative estimate of drug-likeness (QED) is 0.106. The zero-order chi connectivity index (χ0) is 43.3. The molecule has 1 unspecified atom stereocenters. The summed E-state index contributed by atoms with van der Waals surface area (Å²) < 4.78 is 34.5. The van der Waals surface area contributed by atoms with E-state index in [-0.39, 0.29) is 35.6 Å². The van der Waals surface area contributed by atoms with E-state index in [9.17, 15) is 19.2 Å². The molecule has 2 fully saturated rings. The molecule has 2 saturated heterocycles. The second-order valence-corrected chi connectivity index (χ2v) is 16.2. The Labute approximate surface area is 351 Å². The molecule has 17 heteroatoms. The lowest BCUT2D eigenvalue weighted by Crippen LogP contribution is -2.51. The van der Waals surface area contributed by atoms with E-state index in [0.29, 0.717) is 76.8 Å². The Kier molecular flexibility index (Phi) is 11.1. The molecule has 0 spiro atoms. The summed E-state index contributed by atoms with van der Waals surface area (Å²) in [6, 6.07) is 8.85. The minimum absolute atomic E-state index is 0.150. The summed E-state index contributed by atoms with van der Waals surface area (Å²) in [5.74, 6) is 0.731. The van der Waals surface area contributed by atoms with Crippen molar-refractivity contribution in [3.05, 3.63) is 78.4 Å². The van der Waals surface area contributed by atoms with E-state index in [1.807, 2.05) is 55.7 Å². The molecule has 3 aliphatic heterocycles. The minimum atomic E-state index is -0.940. The highest BCUT2D eigenvalue weighted by Gasteiger charge is 2.39. The zero-order valence-corrected chi connectivity index (χ0v) is 35.0. The number of halogens is 1. The van der Waals surface area contributed by atoms with Gasteiger partial charge in [-0.3, -0.25) is 9.59 Å². The molecule has 0 radical (unpaired) electrons. The second kappa shape index (κ2) is 16.4. The van der Waals surface area contributed by atoms with Gasteiger partial charge in [0.05, 0.1) is 61.3 Å². The molecule has 16 nitrogen and oxygen atoms in total. The van der Waals surface area contributed by atoms with E-state index in [1.54, 1.807) is 35.2 Å². The molecule has 3 aromatic heterocycles. The third kappa shape index (κ3) is 7.46. The molecule has 6 heterocycles. The SMILES string of the molecule is C=C(C)[C@H](NC(=O)OC)C(=O)N1CCC[C@H]1c1ncc(-c2ccc3c(c2)c(F)c2n3C(C)Oc3cc(-c4cnc([C@@H]5CCCN5C(=O)[C@@H](NC(=O)OC)C(C)C)[nH]4)ccc3-2)[nH]1. The average molecular weight is 836 g/mol. The van der Waals surface area contributed by atoms with Crippen molar-refractivity contribution in [1.82, 2.24) is 44.9 Å². The average Bonchev–Trinajstić information content (AvgIpc) is 4.11. The fourth-order valence-corrected chi connectivity index (χ4v) is 8.84. The monoisotopic (exact) mass is 835 g/mol. The first-order valence-electron chi connectivity index (χ1n) is 20.5. The van der Waals surface area contributed by atoms with Crippen molar-refractivity contribution in [1.29, 1.82) is 0 Å². The number of carbonyl (C=O) groups is 4. The first-order valence-corrected chi connectivity index (χ1v) is 20.5. The minimum Gasteiger partial charge on any atom is -0.470 e. The fraction of sp³-hybridized carbons (Fsp3) is 0.409. The molecule has 320 valence electrons. The first kappa shape index (κ1) is 41.1. The van der Waals surface area contributed by atoms with Gasteiger partial charge in [-0.05, 0) is 75.3 Å². The number of fused-ring (bicyclic) bond motifs is 5. The van der Waals surface area contributed by atoms with Gasteiger partial charge in [-0.2, -0.15) is 0 Å². The van der Waals surface area contributed by atoms with Crippen LogP contribution >= 0.6 is 0 Å². The Morgan fingerprint density at radius 1 is 0.869 bits per heavy atom. The van der Waals surface area contributed by atoms with Crippen LogP contribution in [0.2, 0.25) is 0 Å². The summed E-state index contributed by atoms with van der Waals surface area (Å²) in [6.07, 6.45) is 4.44. The van der Waals surface area contributed by atoms with Gasteiger partial charge in [-0.15, -0.1) is 0 Å². The highest BCUT2D eigenvalue weighted by Crippen LogP contribution is 2.46. The van der Waals surface area contributed by atoms with Crippen molar-refractivity contribution in [2.45, 2.75) is 83.8 Å². The highest BCUT2D eigenvalue weighted by molar-refractivity contribution is 5.93. The summed E-state index contributed by atoms with van der Waals surface area (Å²) in [7, 11) is 2.51. The predicted octanol–water partition coefficient (Wildman–Crippen LogP) is 7.15. The molecule has 3 aliphatic rings. The summed E-state index contributed by atoms with van der Waals surface area (Å²) in [5.41, 5.74) is 5.06. The van der Waals surface area contributed by atoms with Crippen LogP contribution in [0.25, 0.3) is 44.7 Å². The first-order chi connectivity index (χ1) is 29.3. The molecule has 8 rings (SSSR count). The molecular weight excluding hydrogens is 786 g/mol. The van der Waals surface area contributed by atoms with E-state index < -0.39 is 30.5 Å². The Morgan fingerprint density at radius 3 is 2.03 bits per heavy atom. The molecule has 5 atom stereocenters. The van der Waals surface area contributed by atoms with Gasteiger partial charge in [0.15, 0.2) is 12.0 Å². The number of aromatic amines is 2. The maximum absolute atomic E-state index is 16.7. The maximum Gasteiger partial charge on any atom is 0.407 e. The number of imidazole rings is 2. The normalized spacial score (nSPS) is 19.2. The molecule has 0 saturated carbocycles. The molecule has 0 aliphatic carbocycles. The smallest absolute Gasteiger partial charge is 0.407 e. The number of alkyl carbamates (subject to hydrolysis) is 2. The van der Waals surface area contributed by atoms with Crippen LogP contribution < -0.4 is 15.4 Å². The molecule has 5 aromatic rings. The standard InChI is InChI=1S/C44H50FN9O7/c1-22(2)36(50-43(57)59-6)41(55)52-16-8-10-32(52)39-46-20-29(48-39)25-13-15-31-28(18-25)35(45)38-27-14-12-26(19-34(27)61-24(5)54(31)38)30-21-47-40(49-30)33-11-9-17-53(33)42(56)37(23(3)4)51-44(58)60-7/h12-15,18-21,23-24,32-33,36-37H,1,8-11,16-17H2,2-7H3,(H,46,48)(H,47,49)(H,50,57)(H,51,58)/t24?,32-,33-,36-,37-/m0/s1. The van der Waals surface area contributed by atoms with Gasteiger partial charge >= 0.3 is 12.2 Å². The number of H-pyrrole nitrogens is 2. The Morgan fingerprint density at radius 2 is 1.44 bits per heavy atom. The van der Waals surface area contributed by atoms with Gasteiger partial charge < -0.3 is 49.2 Å². The van der Waals surface area contributed by atoms with Gasteiger partial charge in [0, 0.05) is 35.2 Å². The fourth-order valence-electron chi connectivity index (χ4n) is 8.84. The lowest BCUT2D eigenvalue weighted by atomic mass is 10.0. The molecular formula is C44H50FN9O7. The van der Waals surface area contributed by atoms with E-state index >= 15 is 4.39 Å². The van der Waals surface area contributed by atoms with Crippen molar-refractivity contribution in [2.24, 2.45) is 5.92 Å². The van der Waals surface area contributed by atoms with Gasteiger partial charge in [0.1, 0.15) is 29.5 Å². The summed E-state index contributed by atoms with van der Waals surface area (Å²) in [6.45, 7) is 12.2. The summed E-state index contributed by atoms with van der Waals surface area (Å²) >= 11 is 0. The number of hydrogen-bond acceptors (Lipinski definition) is 9. The number of methoxy groups -OCH3 is 2.